The molecule has 0 saturated carbocycles. The molecule has 7 nitrogen and oxygen atoms in total. The monoisotopic (exact) mass is 339 g/mol. The van der Waals surface area contributed by atoms with E-state index in [2.05, 4.69) is 9.97 Å². The van der Waals surface area contributed by atoms with Gasteiger partial charge in [-0.1, -0.05) is 37.3 Å². The van der Waals surface area contributed by atoms with E-state index in [1.54, 1.807) is 0 Å². The predicted molar refractivity (Wildman–Crippen MR) is 92.5 cm³/mol. The molecule has 1 N–H and O–H groups in total. The molecule has 0 fully saturated rings. The van der Waals surface area contributed by atoms with Crippen LogP contribution in [0.5, 0.6) is 0 Å². The lowest BCUT2D eigenvalue weighted by Crippen LogP contribution is -2.31. The van der Waals surface area contributed by atoms with Gasteiger partial charge in [0.25, 0.3) is 5.56 Å². The molecule has 0 radical (unpaired) electrons. The molecule has 0 bridgehead atoms. The molecule has 0 unspecified atom stereocenters. The summed E-state index contributed by atoms with van der Waals surface area (Å²) < 4.78 is 6.63. The van der Waals surface area contributed by atoms with Gasteiger partial charge in [0, 0.05) is 12.7 Å². The number of H-pyrrole nitrogens is 1. The van der Waals surface area contributed by atoms with E-state index in [0.717, 1.165) is 5.56 Å². The standard InChI is InChI=1S/C18H17N3O4/c1-2-8-21-15-14(16(22)20-18(21)24)9-13(10-19-15)17(23)25-11-12-6-4-3-5-7-12/h3-7,9-10H,2,8,11H2,1H3,(H,20,22,24). The number of ether oxygens (including phenoxy) is 1. The fourth-order valence-corrected chi connectivity index (χ4v) is 2.52. The minimum Gasteiger partial charge on any atom is -0.457 e. The second-order valence-corrected chi connectivity index (χ2v) is 5.57. The Morgan fingerprint density at radius 2 is 2.00 bits per heavy atom. The summed E-state index contributed by atoms with van der Waals surface area (Å²) in [5.41, 5.74) is 0.203. The first-order chi connectivity index (χ1) is 12.1. The van der Waals surface area contributed by atoms with Crippen molar-refractivity contribution in [3.05, 3.63) is 74.6 Å². The summed E-state index contributed by atoms with van der Waals surface area (Å²) in [4.78, 5) is 42.5. The number of aryl methyl sites for hydroxylation is 1. The van der Waals surface area contributed by atoms with E-state index in [1.165, 1.54) is 16.8 Å². The third kappa shape index (κ3) is 3.50. The van der Waals surface area contributed by atoms with Crippen molar-refractivity contribution in [2.75, 3.05) is 0 Å². The van der Waals surface area contributed by atoms with Gasteiger partial charge in [-0.15, -0.1) is 0 Å². The number of rotatable bonds is 5. The molecule has 2 aromatic heterocycles. The van der Waals surface area contributed by atoms with E-state index in [-0.39, 0.29) is 23.2 Å². The normalized spacial score (nSPS) is 10.8. The number of benzene rings is 1. The van der Waals surface area contributed by atoms with Gasteiger partial charge in [0.15, 0.2) is 0 Å². The molecule has 0 aliphatic heterocycles. The van der Waals surface area contributed by atoms with Gasteiger partial charge in [-0.25, -0.2) is 14.6 Å². The lowest BCUT2D eigenvalue weighted by molar-refractivity contribution is 0.0472. The number of fused-ring (bicyclic) bond motifs is 1. The summed E-state index contributed by atoms with van der Waals surface area (Å²) >= 11 is 0. The fraction of sp³-hybridized carbons (Fsp3) is 0.222. The van der Waals surface area contributed by atoms with Gasteiger partial charge in [-0.2, -0.15) is 0 Å². The number of aromatic nitrogens is 3. The van der Waals surface area contributed by atoms with Crippen molar-refractivity contribution in [3.8, 4) is 0 Å². The molecule has 0 amide bonds. The number of esters is 1. The quantitative estimate of drug-likeness (QED) is 0.716. The Bertz CT molecular complexity index is 1020. The molecule has 0 saturated heterocycles. The molecule has 3 aromatic rings. The summed E-state index contributed by atoms with van der Waals surface area (Å²) in [7, 11) is 0. The number of hydrogen-bond acceptors (Lipinski definition) is 5. The summed E-state index contributed by atoms with van der Waals surface area (Å²) in [6.07, 6.45) is 2.03. The number of pyridine rings is 1. The van der Waals surface area contributed by atoms with E-state index in [0.29, 0.717) is 13.0 Å². The zero-order valence-electron chi connectivity index (χ0n) is 13.7. The SMILES string of the molecule is CCCn1c(=O)[nH]c(=O)c2cc(C(=O)OCc3ccccc3)cnc21. The van der Waals surface area contributed by atoms with Gasteiger partial charge in [0.05, 0.1) is 10.9 Å². The lowest BCUT2D eigenvalue weighted by atomic mass is 10.2. The van der Waals surface area contributed by atoms with Crippen molar-refractivity contribution in [3.63, 3.8) is 0 Å². The van der Waals surface area contributed by atoms with Crippen molar-refractivity contribution in [1.29, 1.82) is 0 Å². The first-order valence-corrected chi connectivity index (χ1v) is 7.94. The molecule has 0 aliphatic rings. The number of nitrogens with zero attached hydrogens (tertiary/aromatic N) is 2. The van der Waals surface area contributed by atoms with Crippen molar-refractivity contribution in [2.24, 2.45) is 0 Å². The van der Waals surface area contributed by atoms with E-state index < -0.39 is 17.2 Å². The maximum atomic E-state index is 12.2. The molecule has 0 spiro atoms. The Balaban J connectivity index is 1.91. The van der Waals surface area contributed by atoms with Crippen LogP contribution in [0.15, 0.2) is 52.2 Å². The predicted octanol–water partition coefficient (Wildman–Crippen LogP) is 1.85. The van der Waals surface area contributed by atoms with Crippen LogP contribution < -0.4 is 11.2 Å². The average Bonchev–Trinajstić information content (AvgIpc) is 2.63. The maximum Gasteiger partial charge on any atom is 0.340 e. The molecule has 7 heteroatoms. The lowest BCUT2D eigenvalue weighted by Gasteiger charge is -2.09. The van der Waals surface area contributed by atoms with Gasteiger partial charge >= 0.3 is 11.7 Å². The molecular formula is C18H17N3O4. The van der Waals surface area contributed by atoms with Crippen molar-refractivity contribution < 1.29 is 9.53 Å². The van der Waals surface area contributed by atoms with Crippen LogP contribution in [-0.4, -0.2) is 20.5 Å². The molecule has 0 aliphatic carbocycles. The second kappa shape index (κ2) is 7.12. The topological polar surface area (TPSA) is 94.1 Å². The minimum absolute atomic E-state index is 0.128. The Morgan fingerprint density at radius 1 is 1.24 bits per heavy atom. The highest BCUT2D eigenvalue weighted by Gasteiger charge is 2.14. The number of carbonyl (C=O) groups excluding carboxylic acids is 1. The largest absolute Gasteiger partial charge is 0.457 e. The average molecular weight is 339 g/mol. The van der Waals surface area contributed by atoms with E-state index >= 15 is 0 Å². The number of nitrogens with one attached hydrogen (secondary N) is 1. The molecule has 128 valence electrons. The second-order valence-electron chi connectivity index (χ2n) is 5.57. The van der Waals surface area contributed by atoms with Crippen molar-refractivity contribution in [1.82, 2.24) is 14.5 Å². The Kier molecular flexibility index (Phi) is 4.74. The zero-order chi connectivity index (χ0) is 17.8. The van der Waals surface area contributed by atoms with E-state index in [4.69, 9.17) is 4.74 Å². The Hall–Kier alpha value is -3.22. The number of aromatic amines is 1. The smallest absolute Gasteiger partial charge is 0.340 e. The summed E-state index contributed by atoms with van der Waals surface area (Å²) in [6, 6.07) is 10.7. The molecular weight excluding hydrogens is 322 g/mol. The molecule has 0 atom stereocenters. The first-order valence-electron chi connectivity index (χ1n) is 7.94. The molecule has 1 aromatic carbocycles. The van der Waals surface area contributed by atoms with Crippen LogP contribution in [-0.2, 0) is 17.9 Å². The van der Waals surface area contributed by atoms with Gasteiger partial charge in [-0.05, 0) is 18.1 Å². The van der Waals surface area contributed by atoms with E-state index in [1.807, 2.05) is 37.3 Å². The van der Waals surface area contributed by atoms with Crippen LogP contribution in [0.2, 0.25) is 0 Å². The fourth-order valence-electron chi connectivity index (χ4n) is 2.52. The van der Waals surface area contributed by atoms with Gasteiger partial charge in [-0.3, -0.25) is 14.3 Å². The van der Waals surface area contributed by atoms with Gasteiger partial charge in [0.1, 0.15) is 12.3 Å². The van der Waals surface area contributed by atoms with Crippen LogP contribution >= 0.6 is 0 Å². The van der Waals surface area contributed by atoms with Crippen LogP contribution in [0.25, 0.3) is 11.0 Å². The van der Waals surface area contributed by atoms with E-state index in [9.17, 15) is 14.4 Å². The summed E-state index contributed by atoms with van der Waals surface area (Å²) in [5.74, 6) is -0.578. The molecule has 25 heavy (non-hydrogen) atoms. The zero-order valence-corrected chi connectivity index (χ0v) is 13.7. The molecule has 2 heterocycles. The molecule has 3 rings (SSSR count). The highest BCUT2D eigenvalue weighted by Crippen LogP contribution is 2.11. The van der Waals surface area contributed by atoms with Crippen LogP contribution in [0.1, 0.15) is 29.3 Å². The van der Waals surface area contributed by atoms with Crippen molar-refractivity contribution in [2.45, 2.75) is 26.5 Å². The summed E-state index contributed by atoms with van der Waals surface area (Å²) in [6.45, 7) is 2.47. The minimum atomic E-state index is -0.578. The van der Waals surface area contributed by atoms with Crippen LogP contribution in [0.3, 0.4) is 0 Å². The third-order valence-corrected chi connectivity index (χ3v) is 3.73. The first kappa shape index (κ1) is 16.6. The number of hydrogen-bond donors (Lipinski definition) is 1. The van der Waals surface area contributed by atoms with Gasteiger partial charge < -0.3 is 4.74 Å². The Morgan fingerprint density at radius 3 is 2.72 bits per heavy atom. The maximum absolute atomic E-state index is 12.2. The van der Waals surface area contributed by atoms with Crippen molar-refractivity contribution >= 4 is 17.0 Å². The van der Waals surface area contributed by atoms with Gasteiger partial charge in [0.2, 0.25) is 0 Å². The number of carbonyl (C=O) groups is 1. The highest BCUT2D eigenvalue weighted by molar-refractivity contribution is 5.92. The van der Waals surface area contributed by atoms with Crippen LogP contribution in [0, 0.1) is 0 Å². The van der Waals surface area contributed by atoms with Crippen LogP contribution in [0.4, 0.5) is 0 Å². The Labute approximate surface area is 142 Å². The highest BCUT2D eigenvalue weighted by atomic mass is 16.5. The third-order valence-electron chi connectivity index (χ3n) is 3.73. The summed E-state index contributed by atoms with van der Waals surface area (Å²) in [5, 5.41) is 0.183.